The van der Waals surface area contributed by atoms with Gasteiger partial charge in [0.25, 0.3) is 0 Å². The Bertz CT molecular complexity index is 493. The highest BCUT2D eigenvalue weighted by atomic mass is 32.2. The first-order chi connectivity index (χ1) is 7.84. The van der Waals surface area contributed by atoms with Crippen molar-refractivity contribution in [2.75, 3.05) is 26.4 Å². The highest BCUT2D eigenvalue weighted by molar-refractivity contribution is 7.89. The zero-order valence-electron chi connectivity index (χ0n) is 9.90. The van der Waals surface area contributed by atoms with Crippen molar-refractivity contribution in [2.24, 2.45) is 0 Å². The molecule has 2 N–H and O–H groups in total. The standard InChI is InChI=1S/C10H15FN2O3S/c1-4-13(2)17(14,15)7-5-8(11)10(16-3)9(12)6-7/h5-6H,4,12H2,1-3H3. The van der Waals surface area contributed by atoms with Gasteiger partial charge in [-0.25, -0.2) is 17.1 Å². The second kappa shape index (κ2) is 4.89. The fourth-order valence-electron chi connectivity index (χ4n) is 1.30. The van der Waals surface area contributed by atoms with Gasteiger partial charge < -0.3 is 10.5 Å². The summed E-state index contributed by atoms with van der Waals surface area (Å²) in [6.45, 7) is 1.97. The quantitative estimate of drug-likeness (QED) is 0.823. The number of anilines is 1. The van der Waals surface area contributed by atoms with Crippen LogP contribution in [0.4, 0.5) is 10.1 Å². The lowest BCUT2D eigenvalue weighted by Gasteiger charge is -2.16. The number of ether oxygens (including phenoxy) is 1. The van der Waals surface area contributed by atoms with Crippen LogP contribution in [0.5, 0.6) is 5.75 Å². The molecular formula is C10H15FN2O3S. The summed E-state index contributed by atoms with van der Waals surface area (Å²) < 4.78 is 43.2. The smallest absolute Gasteiger partial charge is 0.242 e. The third-order valence-corrected chi connectivity index (χ3v) is 4.31. The Kier molecular flexibility index (Phi) is 3.94. The van der Waals surface area contributed by atoms with E-state index in [9.17, 15) is 12.8 Å². The summed E-state index contributed by atoms with van der Waals surface area (Å²) in [4.78, 5) is -0.183. The maximum Gasteiger partial charge on any atom is 0.242 e. The van der Waals surface area contributed by atoms with E-state index >= 15 is 0 Å². The van der Waals surface area contributed by atoms with Crippen LogP contribution in [0.15, 0.2) is 17.0 Å². The number of rotatable bonds is 4. The monoisotopic (exact) mass is 262 g/mol. The molecule has 7 heteroatoms. The van der Waals surface area contributed by atoms with E-state index in [1.807, 2.05) is 0 Å². The highest BCUT2D eigenvalue weighted by Gasteiger charge is 2.22. The van der Waals surface area contributed by atoms with E-state index < -0.39 is 15.8 Å². The number of nitrogens with zero attached hydrogens (tertiary/aromatic N) is 1. The minimum absolute atomic E-state index is 0.0458. The molecule has 0 spiro atoms. The van der Waals surface area contributed by atoms with Crippen LogP contribution >= 0.6 is 0 Å². The molecule has 1 rings (SSSR count). The Hall–Kier alpha value is -1.34. The summed E-state index contributed by atoms with van der Waals surface area (Å²) in [7, 11) is -1.03. The van der Waals surface area contributed by atoms with Gasteiger partial charge in [-0.15, -0.1) is 0 Å². The lowest BCUT2D eigenvalue weighted by Crippen LogP contribution is -2.26. The number of sulfonamides is 1. The molecule has 0 radical (unpaired) electrons. The van der Waals surface area contributed by atoms with Gasteiger partial charge in [0, 0.05) is 13.6 Å². The highest BCUT2D eigenvalue weighted by Crippen LogP contribution is 2.29. The average Bonchev–Trinajstić information content (AvgIpc) is 2.27. The van der Waals surface area contributed by atoms with Crippen LogP contribution in [0.3, 0.4) is 0 Å². The molecule has 0 aliphatic carbocycles. The van der Waals surface area contributed by atoms with Crippen molar-refractivity contribution < 1.29 is 17.5 Å². The SMILES string of the molecule is CCN(C)S(=O)(=O)c1cc(N)c(OC)c(F)c1. The largest absolute Gasteiger partial charge is 0.492 e. The van der Waals surface area contributed by atoms with Crippen LogP contribution in [-0.4, -0.2) is 33.4 Å². The minimum Gasteiger partial charge on any atom is -0.492 e. The summed E-state index contributed by atoms with van der Waals surface area (Å²) in [5, 5.41) is 0. The van der Waals surface area contributed by atoms with Crippen LogP contribution in [0.25, 0.3) is 0 Å². The first-order valence-corrected chi connectivity index (χ1v) is 6.38. The second-order valence-corrected chi connectivity index (χ2v) is 5.49. The van der Waals surface area contributed by atoms with Crippen LogP contribution in [0, 0.1) is 5.82 Å². The number of nitrogens with two attached hydrogens (primary N) is 1. The Morgan fingerprint density at radius 3 is 2.47 bits per heavy atom. The van der Waals surface area contributed by atoms with Gasteiger partial charge in [0.1, 0.15) is 0 Å². The Morgan fingerprint density at radius 2 is 2.06 bits per heavy atom. The van der Waals surface area contributed by atoms with Gasteiger partial charge in [0.05, 0.1) is 17.7 Å². The molecule has 0 saturated heterocycles. The number of benzene rings is 1. The molecule has 0 aromatic heterocycles. The van der Waals surface area contributed by atoms with E-state index in [-0.39, 0.29) is 22.9 Å². The number of hydrogen-bond acceptors (Lipinski definition) is 4. The van der Waals surface area contributed by atoms with Crippen LogP contribution in [0.2, 0.25) is 0 Å². The summed E-state index contributed by atoms with van der Waals surface area (Å²) in [6.07, 6.45) is 0. The Balaban J connectivity index is 3.36. The zero-order chi connectivity index (χ0) is 13.2. The summed E-state index contributed by atoms with van der Waals surface area (Å²) in [5.41, 5.74) is 5.48. The molecule has 0 fully saturated rings. The van der Waals surface area contributed by atoms with Gasteiger partial charge in [-0.1, -0.05) is 6.92 Å². The normalized spacial score (nSPS) is 11.8. The van der Waals surface area contributed by atoms with Crippen LogP contribution in [-0.2, 0) is 10.0 Å². The van der Waals surface area contributed by atoms with Crippen molar-refractivity contribution >= 4 is 15.7 Å². The van der Waals surface area contributed by atoms with E-state index in [0.29, 0.717) is 0 Å². The predicted molar refractivity (Wildman–Crippen MR) is 62.9 cm³/mol. The number of halogens is 1. The molecule has 0 amide bonds. The predicted octanol–water partition coefficient (Wildman–Crippen LogP) is 1.06. The lowest BCUT2D eigenvalue weighted by molar-refractivity contribution is 0.387. The van der Waals surface area contributed by atoms with Crippen molar-refractivity contribution in [3.8, 4) is 5.75 Å². The molecule has 0 aliphatic rings. The van der Waals surface area contributed by atoms with E-state index in [0.717, 1.165) is 10.4 Å². The lowest BCUT2D eigenvalue weighted by atomic mass is 10.3. The van der Waals surface area contributed by atoms with Crippen molar-refractivity contribution in [3.05, 3.63) is 17.9 Å². The third-order valence-electron chi connectivity index (χ3n) is 2.40. The molecule has 17 heavy (non-hydrogen) atoms. The van der Waals surface area contributed by atoms with E-state index in [1.54, 1.807) is 6.92 Å². The van der Waals surface area contributed by atoms with Crippen LogP contribution < -0.4 is 10.5 Å². The van der Waals surface area contributed by atoms with Gasteiger partial charge in [-0.05, 0) is 12.1 Å². The molecule has 0 atom stereocenters. The Morgan fingerprint density at radius 1 is 1.47 bits per heavy atom. The van der Waals surface area contributed by atoms with Gasteiger partial charge in [-0.2, -0.15) is 0 Å². The van der Waals surface area contributed by atoms with Crippen LogP contribution in [0.1, 0.15) is 6.92 Å². The molecule has 5 nitrogen and oxygen atoms in total. The summed E-state index contributed by atoms with van der Waals surface area (Å²) in [5.74, 6) is -0.946. The van der Waals surface area contributed by atoms with Gasteiger partial charge >= 0.3 is 0 Å². The molecule has 96 valence electrons. The molecule has 1 aromatic carbocycles. The van der Waals surface area contributed by atoms with Crippen molar-refractivity contribution in [1.29, 1.82) is 0 Å². The maximum absolute atomic E-state index is 13.5. The van der Waals surface area contributed by atoms with Gasteiger partial charge in [-0.3, -0.25) is 0 Å². The number of nitrogen functional groups attached to an aromatic ring is 1. The summed E-state index contributed by atoms with van der Waals surface area (Å²) >= 11 is 0. The average molecular weight is 262 g/mol. The molecular weight excluding hydrogens is 247 g/mol. The van der Waals surface area contributed by atoms with E-state index in [2.05, 4.69) is 0 Å². The summed E-state index contributed by atoms with van der Waals surface area (Å²) in [6, 6.07) is 2.08. The number of methoxy groups -OCH3 is 1. The zero-order valence-corrected chi connectivity index (χ0v) is 10.7. The molecule has 0 heterocycles. The molecule has 0 saturated carbocycles. The van der Waals surface area contributed by atoms with E-state index in [4.69, 9.17) is 10.5 Å². The fourth-order valence-corrected chi connectivity index (χ4v) is 2.53. The second-order valence-electron chi connectivity index (χ2n) is 3.45. The molecule has 1 aromatic rings. The Labute approximate surface area is 100 Å². The van der Waals surface area contributed by atoms with Gasteiger partial charge in [0.2, 0.25) is 10.0 Å². The van der Waals surface area contributed by atoms with Gasteiger partial charge in [0.15, 0.2) is 11.6 Å². The maximum atomic E-state index is 13.5. The first-order valence-electron chi connectivity index (χ1n) is 4.94. The molecule has 0 aliphatic heterocycles. The first kappa shape index (κ1) is 13.7. The minimum atomic E-state index is -3.70. The number of hydrogen-bond donors (Lipinski definition) is 1. The van der Waals surface area contributed by atoms with Crippen molar-refractivity contribution in [1.82, 2.24) is 4.31 Å². The topological polar surface area (TPSA) is 72.6 Å². The van der Waals surface area contributed by atoms with E-state index in [1.165, 1.54) is 20.2 Å². The van der Waals surface area contributed by atoms with Crippen molar-refractivity contribution in [2.45, 2.75) is 11.8 Å². The molecule has 0 unspecified atom stereocenters. The molecule has 0 bridgehead atoms. The van der Waals surface area contributed by atoms with Crippen molar-refractivity contribution in [3.63, 3.8) is 0 Å². The fraction of sp³-hybridized carbons (Fsp3) is 0.400. The third kappa shape index (κ3) is 2.50.